The highest BCUT2D eigenvalue weighted by Gasteiger charge is 2.32. The van der Waals surface area contributed by atoms with E-state index in [4.69, 9.17) is 19.0 Å². The Morgan fingerprint density at radius 1 is 1.00 bits per heavy atom. The van der Waals surface area contributed by atoms with Crippen LogP contribution in [0.2, 0.25) is 0 Å². The maximum Gasteiger partial charge on any atom is 0.349 e. The lowest BCUT2D eigenvalue weighted by atomic mass is 10.0. The zero-order valence-electron chi connectivity index (χ0n) is 23.2. The molecule has 0 saturated heterocycles. The van der Waals surface area contributed by atoms with Crippen LogP contribution in [0.1, 0.15) is 54.5 Å². The Labute approximate surface area is 225 Å². The van der Waals surface area contributed by atoms with E-state index in [1.165, 1.54) is 0 Å². The van der Waals surface area contributed by atoms with Crippen molar-refractivity contribution in [3.8, 4) is 11.4 Å². The molecular formula is C31H37N3O4. The second kappa shape index (κ2) is 11.7. The van der Waals surface area contributed by atoms with Gasteiger partial charge in [0.2, 0.25) is 0 Å². The van der Waals surface area contributed by atoms with Crippen LogP contribution in [0, 0.1) is 20.8 Å². The van der Waals surface area contributed by atoms with Gasteiger partial charge in [-0.1, -0.05) is 30.3 Å². The summed E-state index contributed by atoms with van der Waals surface area (Å²) in [6, 6.07) is 18.3. The summed E-state index contributed by atoms with van der Waals surface area (Å²) in [5.41, 5.74) is 5.22. The summed E-state index contributed by atoms with van der Waals surface area (Å²) >= 11 is 0. The number of carbonyl (C=O) groups excluding carboxylic acids is 1. The van der Waals surface area contributed by atoms with Gasteiger partial charge in [0.1, 0.15) is 11.5 Å². The second-order valence-corrected chi connectivity index (χ2v) is 10.1. The highest BCUT2D eigenvalue weighted by molar-refractivity contribution is 5.79. The van der Waals surface area contributed by atoms with Crippen molar-refractivity contribution < 1.29 is 18.7 Å². The molecule has 4 rings (SSSR count). The molecule has 7 heteroatoms. The van der Waals surface area contributed by atoms with Crippen LogP contribution >= 0.6 is 0 Å². The lowest BCUT2D eigenvalue weighted by molar-refractivity contribution is -0.158. The Kier molecular flexibility index (Phi) is 8.37. The molecule has 0 amide bonds. The summed E-state index contributed by atoms with van der Waals surface area (Å²) in [7, 11) is 0. The molecule has 4 aromatic rings. The average molecular weight is 516 g/mol. The molecule has 2 aromatic heterocycles. The quantitative estimate of drug-likeness (QED) is 0.218. The van der Waals surface area contributed by atoms with E-state index >= 15 is 0 Å². The van der Waals surface area contributed by atoms with E-state index in [0.29, 0.717) is 32.0 Å². The maximum atomic E-state index is 12.4. The monoisotopic (exact) mass is 515 g/mol. The van der Waals surface area contributed by atoms with Crippen LogP contribution in [-0.4, -0.2) is 32.9 Å². The maximum absolute atomic E-state index is 12.4. The molecule has 38 heavy (non-hydrogen) atoms. The zero-order chi connectivity index (χ0) is 27.3. The first-order chi connectivity index (χ1) is 18.2. The lowest BCUT2D eigenvalue weighted by Crippen LogP contribution is -2.40. The summed E-state index contributed by atoms with van der Waals surface area (Å²) < 4.78 is 19.0. The van der Waals surface area contributed by atoms with E-state index in [9.17, 15) is 4.79 Å². The van der Waals surface area contributed by atoms with Gasteiger partial charge in [-0.2, -0.15) is 5.10 Å². The van der Waals surface area contributed by atoms with Gasteiger partial charge >= 0.3 is 5.97 Å². The summed E-state index contributed by atoms with van der Waals surface area (Å²) in [5.74, 6) is 1.24. The van der Waals surface area contributed by atoms with Gasteiger partial charge < -0.3 is 13.9 Å². The number of furan rings is 1. The van der Waals surface area contributed by atoms with E-state index in [0.717, 1.165) is 39.4 Å². The van der Waals surface area contributed by atoms with Crippen LogP contribution in [0.5, 0.6) is 5.75 Å². The van der Waals surface area contributed by atoms with E-state index in [2.05, 4.69) is 35.4 Å². The Hall–Kier alpha value is -3.84. The lowest BCUT2D eigenvalue weighted by Gasteiger charge is -2.27. The number of nitrogens with zero attached hydrogens (tertiary/aromatic N) is 3. The van der Waals surface area contributed by atoms with Crippen molar-refractivity contribution in [1.29, 1.82) is 0 Å². The molecular weight excluding hydrogens is 478 g/mol. The molecule has 0 aliphatic heterocycles. The summed E-state index contributed by atoms with van der Waals surface area (Å²) in [5, 5.41) is 4.75. The van der Waals surface area contributed by atoms with Crippen molar-refractivity contribution in [3.63, 3.8) is 0 Å². The van der Waals surface area contributed by atoms with Crippen molar-refractivity contribution in [2.75, 3.05) is 6.61 Å². The topological polar surface area (TPSA) is 69.7 Å². The molecule has 0 bridgehead atoms. The van der Waals surface area contributed by atoms with Crippen molar-refractivity contribution in [1.82, 2.24) is 14.7 Å². The van der Waals surface area contributed by atoms with Gasteiger partial charge in [-0.25, -0.2) is 9.48 Å². The Balaban J connectivity index is 1.57. The van der Waals surface area contributed by atoms with Gasteiger partial charge in [-0.15, -0.1) is 0 Å². The molecule has 0 spiro atoms. The predicted molar refractivity (Wildman–Crippen MR) is 147 cm³/mol. The SMILES string of the molecule is CCOC(=O)C(C)(C)Oc1c(C)cc(CN(Cc2ccco2)Cc2cn(-c3ccccc3)nc2C)cc1C. The minimum absolute atomic E-state index is 0.317. The number of hydrogen-bond donors (Lipinski definition) is 0. The fourth-order valence-corrected chi connectivity index (χ4v) is 4.55. The van der Waals surface area contributed by atoms with Crippen LogP contribution in [0.4, 0.5) is 0 Å². The minimum atomic E-state index is -1.07. The molecule has 2 aromatic carbocycles. The predicted octanol–water partition coefficient (Wildman–Crippen LogP) is 6.31. The number of para-hydroxylation sites is 1. The highest BCUT2D eigenvalue weighted by Crippen LogP contribution is 2.30. The number of esters is 1. The van der Waals surface area contributed by atoms with Crippen molar-refractivity contribution in [3.05, 3.63) is 101 Å². The molecule has 0 radical (unpaired) electrons. The second-order valence-electron chi connectivity index (χ2n) is 10.1. The first-order valence-corrected chi connectivity index (χ1v) is 13.0. The molecule has 0 N–H and O–H groups in total. The van der Waals surface area contributed by atoms with Crippen LogP contribution < -0.4 is 4.74 Å². The largest absolute Gasteiger partial charge is 0.476 e. The Morgan fingerprint density at radius 2 is 1.71 bits per heavy atom. The van der Waals surface area contributed by atoms with Gasteiger partial charge in [-0.05, 0) is 82.5 Å². The first kappa shape index (κ1) is 27.2. The van der Waals surface area contributed by atoms with Gasteiger partial charge in [0.15, 0.2) is 5.60 Å². The molecule has 200 valence electrons. The van der Waals surface area contributed by atoms with E-state index in [-0.39, 0.29) is 5.97 Å². The third-order valence-corrected chi connectivity index (χ3v) is 6.43. The highest BCUT2D eigenvalue weighted by atomic mass is 16.6. The number of hydrogen-bond acceptors (Lipinski definition) is 6. The number of ether oxygens (including phenoxy) is 2. The molecule has 0 aliphatic rings. The fraction of sp³-hybridized carbons (Fsp3) is 0.355. The molecule has 0 atom stereocenters. The number of carbonyl (C=O) groups is 1. The molecule has 0 unspecified atom stereocenters. The van der Waals surface area contributed by atoms with Gasteiger partial charge in [0.05, 0.1) is 30.8 Å². The van der Waals surface area contributed by atoms with Crippen LogP contribution in [-0.2, 0) is 29.2 Å². The molecule has 0 saturated carbocycles. The van der Waals surface area contributed by atoms with Crippen LogP contribution in [0.25, 0.3) is 5.69 Å². The Bertz CT molecular complexity index is 1330. The van der Waals surface area contributed by atoms with Crippen LogP contribution in [0.15, 0.2) is 71.5 Å². The summed E-state index contributed by atoms with van der Waals surface area (Å²) in [4.78, 5) is 14.7. The van der Waals surface area contributed by atoms with Gasteiger partial charge in [0.25, 0.3) is 0 Å². The third kappa shape index (κ3) is 6.53. The van der Waals surface area contributed by atoms with Crippen LogP contribution in [0.3, 0.4) is 0 Å². The average Bonchev–Trinajstić information content (AvgIpc) is 3.52. The normalized spacial score (nSPS) is 11.7. The van der Waals surface area contributed by atoms with Gasteiger partial charge in [0, 0.05) is 24.8 Å². The number of aromatic nitrogens is 2. The first-order valence-electron chi connectivity index (χ1n) is 13.0. The summed E-state index contributed by atoms with van der Waals surface area (Å²) in [6.07, 6.45) is 3.81. The van der Waals surface area contributed by atoms with E-state index in [1.54, 1.807) is 27.0 Å². The molecule has 0 aliphatic carbocycles. The van der Waals surface area contributed by atoms with Crippen molar-refractivity contribution in [2.24, 2.45) is 0 Å². The fourth-order valence-electron chi connectivity index (χ4n) is 4.55. The van der Waals surface area contributed by atoms with E-state index in [1.807, 2.05) is 55.8 Å². The zero-order valence-corrected chi connectivity index (χ0v) is 23.2. The van der Waals surface area contributed by atoms with Crippen molar-refractivity contribution in [2.45, 2.75) is 66.8 Å². The minimum Gasteiger partial charge on any atom is -0.476 e. The Morgan fingerprint density at radius 3 is 2.34 bits per heavy atom. The smallest absolute Gasteiger partial charge is 0.349 e. The molecule has 2 heterocycles. The number of benzene rings is 2. The molecule has 7 nitrogen and oxygen atoms in total. The van der Waals surface area contributed by atoms with Crippen molar-refractivity contribution >= 4 is 5.97 Å². The number of aryl methyl sites for hydroxylation is 3. The molecule has 0 fully saturated rings. The summed E-state index contributed by atoms with van der Waals surface area (Å²) in [6.45, 7) is 13.7. The third-order valence-electron chi connectivity index (χ3n) is 6.43. The van der Waals surface area contributed by atoms with E-state index < -0.39 is 5.60 Å². The van der Waals surface area contributed by atoms with Gasteiger partial charge in [-0.3, -0.25) is 4.90 Å². The number of rotatable bonds is 11. The standard InChI is InChI=1S/C31H37N3O4/c1-7-36-30(35)31(5,6)38-29-22(2)16-25(17-23(29)3)18-33(21-28-14-11-15-37-28)19-26-20-34(32-24(26)4)27-12-9-8-10-13-27/h8-17,20H,7,18-19,21H2,1-6H3.